The van der Waals surface area contributed by atoms with Crippen LogP contribution in [0.4, 0.5) is 5.69 Å². The first-order valence-electron chi connectivity index (χ1n) is 8.45. The summed E-state index contributed by atoms with van der Waals surface area (Å²) in [7, 11) is -3.33. The summed E-state index contributed by atoms with van der Waals surface area (Å²) in [5.74, 6) is 0. The molecule has 0 radical (unpaired) electrons. The Morgan fingerprint density at radius 3 is 2.27 bits per heavy atom. The van der Waals surface area contributed by atoms with E-state index in [2.05, 4.69) is 36.4 Å². The summed E-state index contributed by atoms with van der Waals surface area (Å²) in [5, 5.41) is 0. The number of hydrogen-bond donors (Lipinski definition) is 0. The maximum Gasteiger partial charge on any atom is 0.232 e. The second-order valence-corrected chi connectivity index (χ2v) is 8.35. The first kappa shape index (κ1) is 16.6. The smallest absolute Gasteiger partial charge is 0.232 e. The fourth-order valence-electron chi connectivity index (χ4n) is 3.30. The van der Waals surface area contributed by atoms with Gasteiger partial charge in [0.15, 0.2) is 0 Å². The fraction of sp³-hybridized carbons (Fsp3) is 0.0909. The van der Waals surface area contributed by atoms with Gasteiger partial charge in [-0.25, -0.2) is 8.42 Å². The van der Waals surface area contributed by atoms with E-state index in [0.29, 0.717) is 6.54 Å². The average Bonchev–Trinajstić information content (AvgIpc) is 2.65. The van der Waals surface area contributed by atoms with Crippen molar-refractivity contribution in [2.45, 2.75) is 6.54 Å². The lowest BCUT2D eigenvalue weighted by molar-refractivity contribution is 0.596. The van der Waals surface area contributed by atoms with Crippen molar-refractivity contribution in [1.82, 2.24) is 0 Å². The molecule has 130 valence electrons. The Morgan fingerprint density at radius 1 is 0.808 bits per heavy atom. The van der Waals surface area contributed by atoms with Gasteiger partial charge in [0.05, 0.1) is 18.5 Å². The van der Waals surface area contributed by atoms with Crippen molar-refractivity contribution in [3.63, 3.8) is 0 Å². The van der Waals surface area contributed by atoms with E-state index in [9.17, 15) is 8.42 Å². The van der Waals surface area contributed by atoms with Crippen LogP contribution >= 0.6 is 0 Å². The van der Waals surface area contributed by atoms with Crippen molar-refractivity contribution in [3.05, 3.63) is 89.5 Å². The van der Waals surface area contributed by atoms with Crippen LogP contribution in [0.15, 0.2) is 72.8 Å². The molecule has 0 N–H and O–H groups in total. The largest absolute Gasteiger partial charge is 0.265 e. The van der Waals surface area contributed by atoms with Gasteiger partial charge < -0.3 is 0 Å². The number of rotatable bonds is 3. The third-order valence-electron chi connectivity index (χ3n) is 4.58. The Morgan fingerprint density at radius 2 is 1.50 bits per heavy atom. The molecule has 3 nitrogen and oxygen atoms in total. The van der Waals surface area contributed by atoms with Gasteiger partial charge in [0.2, 0.25) is 10.0 Å². The molecule has 0 fully saturated rings. The minimum atomic E-state index is -3.33. The molecule has 1 aliphatic heterocycles. The van der Waals surface area contributed by atoms with Crippen molar-refractivity contribution in [1.29, 1.82) is 0 Å². The van der Waals surface area contributed by atoms with E-state index in [0.717, 1.165) is 33.5 Å². The molecule has 0 atom stereocenters. The van der Waals surface area contributed by atoms with Crippen LogP contribution < -0.4 is 4.31 Å². The van der Waals surface area contributed by atoms with Gasteiger partial charge in [-0.3, -0.25) is 4.31 Å². The third kappa shape index (κ3) is 3.16. The highest BCUT2D eigenvalue weighted by Gasteiger charge is 2.27. The molecule has 1 heterocycles. The molecule has 0 spiro atoms. The van der Waals surface area contributed by atoms with Gasteiger partial charge in [0.1, 0.15) is 0 Å². The van der Waals surface area contributed by atoms with Crippen molar-refractivity contribution in [3.8, 4) is 11.1 Å². The summed E-state index contributed by atoms with van der Waals surface area (Å²) < 4.78 is 26.0. The zero-order valence-corrected chi connectivity index (χ0v) is 15.3. The second-order valence-electron chi connectivity index (χ2n) is 6.45. The minimum Gasteiger partial charge on any atom is -0.265 e. The van der Waals surface area contributed by atoms with E-state index in [1.165, 1.54) is 10.6 Å². The van der Waals surface area contributed by atoms with Gasteiger partial charge >= 0.3 is 0 Å². The summed E-state index contributed by atoms with van der Waals surface area (Å²) in [6, 6.07) is 24.0. The van der Waals surface area contributed by atoms with Gasteiger partial charge in [0.25, 0.3) is 0 Å². The standard InChI is InChI=1S/C22H19NO2S/c1-26(24,25)23-16-19-9-5-6-10-20(19)21-15-18(13-14-22(21)23)12-11-17-7-3-2-4-8-17/h2-15H,16H2,1H3/b12-11+. The monoisotopic (exact) mass is 361 g/mol. The maximum atomic E-state index is 12.3. The van der Waals surface area contributed by atoms with E-state index in [1.54, 1.807) is 0 Å². The number of sulfonamides is 1. The predicted octanol–water partition coefficient (Wildman–Crippen LogP) is 4.80. The fourth-order valence-corrected chi connectivity index (χ4v) is 4.19. The minimum absolute atomic E-state index is 0.376. The quantitative estimate of drug-likeness (QED) is 0.628. The lowest BCUT2D eigenvalue weighted by atomic mass is 9.93. The average molecular weight is 361 g/mol. The van der Waals surface area contributed by atoms with Crippen molar-refractivity contribution in [2.75, 3.05) is 10.6 Å². The zero-order valence-electron chi connectivity index (χ0n) is 14.5. The molecule has 4 rings (SSSR count). The number of fused-ring (bicyclic) bond motifs is 3. The summed E-state index contributed by atoms with van der Waals surface area (Å²) in [5.41, 5.74) is 5.98. The van der Waals surface area contributed by atoms with Crippen molar-refractivity contribution < 1.29 is 8.42 Å². The Balaban J connectivity index is 1.81. The van der Waals surface area contributed by atoms with Gasteiger partial charge in [-0.05, 0) is 34.4 Å². The van der Waals surface area contributed by atoms with Crippen LogP contribution in [-0.4, -0.2) is 14.7 Å². The molecule has 0 saturated heterocycles. The number of hydrogen-bond acceptors (Lipinski definition) is 2. The SMILES string of the molecule is CS(=O)(=O)N1Cc2ccccc2-c2cc(/C=C/c3ccccc3)ccc21. The van der Waals surface area contributed by atoms with E-state index in [4.69, 9.17) is 0 Å². The van der Waals surface area contributed by atoms with E-state index < -0.39 is 10.0 Å². The number of nitrogens with zero attached hydrogens (tertiary/aromatic N) is 1. The molecule has 0 amide bonds. The Hall–Kier alpha value is -2.85. The Bertz CT molecular complexity index is 1090. The molecule has 0 aliphatic carbocycles. The molecule has 0 aromatic heterocycles. The van der Waals surface area contributed by atoms with Crippen LogP contribution in [0.1, 0.15) is 16.7 Å². The summed E-state index contributed by atoms with van der Waals surface area (Å²) >= 11 is 0. The molecular formula is C22H19NO2S. The van der Waals surface area contributed by atoms with Crippen molar-refractivity contribution >= 4 is 27.9 Å². The summed E-state index contributed by atoms with van der Waals surface area (Å²) in [4.78, 5) is 0. The Labute approximate surface area is 154 Å². The predicted molar refractivity (Wildman–Crippen MR) is 108 cm³/mol. The molecule has 26 heavy (non-hydrogen) atoms. The van der Waals surface area contributed by atoms with Crippen LogP contribution in [0.2, 0.25) is 0 Å². The topological polar surface area (TPSA) is 37.4 Å². The molecule has 1 aliphatic rings. The molecule has 0 unspecified atom stereocenters. The van der Waals surface area contributed by atoms with Crippen LogP contribution in [0, 0.1) is 0 Å². The molecule has 0 bridgehead atoms. The first-order valence-corrected chi connectivity index (χ1v) is 10.3. The lowest BCUT2D eigenvalue weighted by Gasteiger charge is -2.31. The normalized spacial score (nSPS) is 13.5. The van der Waals surface area contributed by atoms with E-state index in [1.807, 2.05) is 48.5 Å². The highest BCUT2D eigenvalue weighted by Crippen LogP contribution is 2.40. The molecule has 3 aromatic rings. The highest BCUT2D eigenvalue weighted by molar-refractivity contribution is 7.92. The van der Waals surface area contributed by atoms with Gasteiger partial charge in [-0.15, -0.1) is 0 Å². The molecular weight excluding hydrogens is 342 g/mol. The first-order chi connectivity index (χ1) is 12.5. The number of anilines is 1. The second kappa shape index (κ2) is 6.46. The van der Waals surface area contributed by atoms with E-state index >= 15 is 0 Å². The third-order valence-corrected chi connectivity index (χ3v) is 5.71. The van der Waals surface area contributed by atoms with Gasteiger partial charge in [0, 0.05) is 5.56 Å². The number of benzene rings is 3. The van der Waals surface area contributed by atoms with E-state index in [-0.39, 0.29) is 0 Å². The molecule has 3 aromatic carbocycles. The van der Waals surface area contributed by atoms with Crippen molar-refractivity contribution in [2.24, 2.45) is 0 Å². The highest BCUT2D eigenvalue weighted by atomic mass is 32.2. The Kier molecular flexibility index (Phi) is 4.13. The van der Waals surface area contributed by atoms with Crippen LogP contribution in [0.5, 0.6) is 0 Å². The molecule has 4 heteroatoms. The van der Waals surface area contributed by atoms with Crippen LogP contribution in [0.25, 0.3) is 23.3 Å². The molecule has 0 saturated carbocycles. The van der Waals surface area contributed by atoms with Crippen LogP contribution in [0.3, 0.4) is 0 Å². The lowest BCUT2D eigenvalue weighted by Crippen LogP contribution is -2.32. The summed E-state index contributed by atoms with van der Waals surface area (Å²) in [6.45, 7) is 0.376. The van der Waals surface area contributed by atoms with Crippen LogP contribution in [-0.2, 0) is 16.6 Å². The summed E-state index contributed by atoms with van der Waals surface area (Å²) in [6.07, 6.45) is 5.37. The van der Waals surface area contributed by atoms with Gasteiger partial charge in [-0.1, -0.05) is 72.8 Å². The van der Waals surface area contributed by atoms with Gasteiger partial charge in [-0.2, -0.15) is 0 Å². The zero-order chi connectivity index (χ0) is 18.1. The maximum absolute atomic E-state index is 12.3.